The van der Waals surface area contributed by atoms with Gasteiger partial charge >= 0.3 is 0 Å². The van der Waals surface area contributed by atoms with E-state index in [2.05, 4.69) is 9.97 Å². The first-order valence-electron chi connectivity index (χ1n) is 4.80. The highest BCUT2D eigenvalue weighted by Gasteiger charge is 2.05. The Morgan fingerprint density at radius 2 is 2.33 bits per heavy atom. The Bertz CT molecular complexity index is 533. The number of aliphatic hydroxyl groups excluding tert-OH is 1. The molecule has 0 aliphatic carbocycles. The Kier molecular flexibility index (Phi) is 2.51. The molecule has 4 nitrogen and oxygen atoms in total. The van der Waals surface area contributed by atoms with Crippen LogP contribution in [-0.2, 0) is 0 Å². The van der Waals surface area contributed by atoms with Gasteiger partial charge in [-0.3, -0.25) is 4.79 Å². The molecular formula is C11H12N2O2. The van der Waals surface area contributed by atoms with Crippen LogP contribution in [0.1, 0.15) is 18.4 Å². The van der Waals surface area contributed by atoms with E-state index in [1.54, 1.807) is 0 Å². The molecule has 78 valence electrons. The van der Waals surface area contributed by atoms with Gasteiger partial charge in [-0.15, -0.1) is 0 Å². The smallest absolute Gasteiger partial charge is 0.266 e. The molecule has 0 aliphatic rings. The molecule has 1 heterocycles. The van der Waals surface area contributed by atoms with Crippen LogP contribution in [0.25, 0.3) is 11.0 Å². The van der Waals surface area contributed by atoms with E-state index in [-0.39, 0.29) is 18.1 Å². The van der Waals surface area contributed by atoms with E-state index in [1.165, 1.54) is 6.20 Å². The van der Waals surface area contributed by atoms with E-state index in [4.69, 9.17) is 5.11 Å². The zero-order chi connectivity index (χ0) is 10.8. The zero-order valence-corrected chi connectivity index (χ0v) is 8.40. The molecule has 2 rings (SSSR count). The number of rotatable bonds is 2. The fourth-order valence-electron chi connectivity index (χ4n) is 1.47. The second-order valence-corrected chi connectivity index (χ2v) is 3.61. The van der Waals surface area contributed by atoms with Crippen LogP contribution in [0.15, 0.2) is 29.2 Å². The van der Waals surface area contributed by atoms with Gasteiger partial charge in [-0.25, -0.2) is 4.98 Å². The van der Waals surface area contributed by atoms with Gasteiger partial charge < -0.3 is 10.1 Å². The lowest BCUT2D eigenvalue weighted by Gasteiger charge is -2.08. The molecule has 0 saturated carbocycles. The van der Waals surface area contributed by atoms with Crippen molar-refractivity contribution in [2.24, 2.45) is 0 Å². The van der Waals surface area contributed by atoms with Gasteiger partial charge in [-0.2, -0.15) is 0 Å². The molecule has 0 saturated heterocycles. The first-order valence-corrected chi connectivity index (χ1v) is 4.80. The maximum absolute atomic E-state index is 11.0. The van der Waals surface area contributed by atoms with Gasteiger partial charge in [-0.1, -0.05) is 13.0 Å². The standard InChI is InChI=1S/C11H12N2O2/c1-7(6-14)8-2-3-9-10(4-8)12-5-11(15)13-9/h2-5,7,14H,6H2,1H3,(H,13,15). The number of H-pyrrole nitrogens is 1. The van der Waals surface area contributed by atoms with Crippen LogP contribution in [-0.4, -0.2) is 21.7 Å². The molecule has 1 unspecified atom stereocenters. The second kappa shape index (κ2) is 3.82. The van der Waals surface area contributed by atoms with Crippen LogP contribution in [0.5, 0.6) is 0 Å². The van der Waals surface area contributed by atoms with Crippen molar-refractivity contribution < 1.29 is 5.11 Å². The summed E-state index contributed by atoms with van der Waals surface area (Å²) in [5.74, 6) is 0.0862. The first-order chi connectivity index (χ1) is 7.20. The van der Waals surface area contributed by atoms with Gasteiger partial charge in [0.2, 0.25) is 0 Å². The summed E-state index contributed by atoms with van der Waals surface area (Å²) in [6.45, 7) is 2.04. The average molecular weight is 204 g/mol. The Morgan fingerprint density at radius 3 is 3.07 bits per heavy atom. The first kappa shape index (κ1) is 9.86. The topological polar surface area (TPSA) is 66.0 Å². The lowest BCUT2D eigenvalue weighted by Crippen LogP contribution is -2.05. The number of nitrogens with one attached hydrogen (secondary N) is 1. The minimum atomic E-state index is -0.203. The number of hydrogen-bond acceptors (Lipinski definition) is 3. The second-order valence-electron chi connectivity index (χ2n) is 3.61. The number of aliphatic hydroxyl groups is 1. The van der Waals surface area contributed by atoms with Crippen LogP contribution in [0, 0.1) is 0 Å². The Labute approximate surface area is 86.6 Å². The van der Waals surface area contributed by atoms with Crippen LogP contribution in [0.4, 0.5) is 0 Å². The molecule has 1 aromatic carbocycles. The molecule has 2 aromatic rings. The van der Waals surface area contributed by atoms with Gasteiger partial charge in [0.1, 0.15) is 0 Å². The fraction of sp³-hybridized carbons (Fsp3) is 0.273. The minimum Gasteiger partial charge on any atom is -0.396 e. The minimum absolute atomic E-state index is 0.0862. The van der Waals surface area contributed by atoms with Gasteiger partial charge in [0.25, 0.3) is 5.56 Å². The molecule has 0 amide bonds. The summed E-state index contributed by atoms with van der Waals surface area (Å²) in [6.07, 6.45) is 1.26. The van der Waals surface area contributed by atoms with Crippen LogP contribution in [0.3, 0.4) is 0 Å². The lowest BCUT2D eigenvalue weighted by atomic mass is 10.0. The predicted octanol–water partition coefficient (Wildman–Crippen LogP) is 1.02. The third-order valence-corrected chi connectivity index (χ3v) is 2.44. The summed E-state index contributed by atoms with van der Waals surface area (Å²) < 4.78 is 0. The van der Waals surface area contributed by atoms with Crippen LogP contribution in [0.2, 0.25) is 0 Å². The third kappa shape index (κ3) is 1.89. The Hall–Kier alpha value is -1.68. The molecule has 4 heteroatoms. The van der Waals surface area contributed by atoms with Crippen LogP contribution < -0.4 is 5.56 Å². The fourth-order valence-corrected chi connectivity index (χ4v) is 1.47. The molecule has 2 N–H and O–H groups in total. The lowest BCUT2D eigenvalue weighted by molar-refractivity contribution is 0.273. The number of benzene rings is 1. The van der Waals surface area contributed by atoms with E-state index in [9.17, 15) is 4.79 Å². The zero-order valence-electron chi connectivity index (χ0n) is 8.40. The van der Waals surface area contributed by atoms with E-state index < -0.39 is 0 Å². The van der Waals surface area contributed by atoms with E-state index in [0.29, 0.717) is 0 Å². The van der Waals surface area contributed by atoms with E-state index in [1.807, 2.05) is 25.1 Å². The van der Waals surface area contributed by atoms with Crippen molar-refractivity contribution in [3.8, 4) is 0 Å². The van der Waals surface area contributed by atoms with Crippen molar-refractivity contribution in [1.29, 1.82) is 0 Å². The summed E-state index contributed by atoms with van der Waals surface area (Å²) in [5, 5.41) is 9.03. The molecule has 0 bridgehead atoms. The summed E-state index contributed by atoms with van der Waals surface area (Å²) in [6, 6.07) is 5.58. The molecule has 1 aromatic heterocycles. The number of aromatic amines is 1. The molecule has 1 atom stereocenters. The summed E-state index contributed by atoms with van der Waals surface area (Å²) in [7, 11) is 0. The molecule has 0 fully saturated rings. The molecule has 0 aliphatic heterocycles. The molecule has 0 radical (unpaired) electrons. The SMILES string of the molecule is CC(CO)c1ccc2[nH]c(=O)cnc2c1. The largest absolute Gasteiger partial charge is 0.396 e. The quantitative estimate of drug-likeness (QED) is 0.767. The number of aromatic nitrogens is 2. The van der Waals surface area contributed by atoms with Gasteiger partial charge in [0.15, 0.2) is 0 Å². The highest BCUT2D eigenvalue weighted by Crippen LogP contribution is 2.17. The van der Waals surface area contributed by atoms with Gasteiger partial charge in [0, 0.05) is 12.5 Å². The van der Waals surface area contributed by atoms with Crippen molar-refractivity contribution in [2.75, 3.05) is 6.61 Å². The summed E-state index contributed by atoms with van der Waals surface area (Å²) in [4.78, 5) is 17.7. The summed E-state index contributed by atoms with van der Waals surface area (Å²) in [5.41, 5.74) is 2.28. The number of hydrogen-bond donors (Lipinski definition) is 2. The van der Waals surface area contributed by atoms with Gasteiger partial charge in [0.05, 0.1) is 17.2 Å². The predicted molar refractivity (Wildman–Crippen MR) is 57.9 cm³/mol. The Balaban J connectivity index is 2.57. The van der Waals surface area contributed by atoms with Gasteiger partial charge in [-0.05, 0) is 17.7 Å². The molecule has 15 heavy (non-hydrogen) atoms. The van der Waals surface area contributed by atoms with E-state index >= 15 is 0 Å². The van der Waals surface area contributed by atoms with Crippen molar-refractivity contribution in [3.05, 3.63) is 40.3 Å². The Morgan fingerprint density at radius 1 is 1.53 bits per heavy atom. The monoisotopic (exact) mass is 204 g/mol. The van der Waals surface area contributed by atoms with Crippen molar-refractivity contribution in [2.45, 2.75) is 12.8 Å². The van der Waals surface area contributed by atoms with Crippen molar-refractivity contribution >= 4 is 11.0 Å². The molecular weight excluding hydrogens is 192 g/mol. The van der Waals surface area contributed by atoms with E-state index in [0.717, 1.165) is 16.6 Å². The maximum atomic E-state index is 11.0. The van der Waals surface area contributed by atoms with Crippen LogP contribution >= 0.6 is 0 Å². The maximum Gasteiger partial charge on any atom is 0.266 e. The average Bonchev–Trinajstić information content (AvgIpc) is 2.27. The highest BCUT2D eigenvalue weighted by atomic mass is 16.3. The summed E-state index contributed by atoms with van der Waals surface area (Å²) >= 11 is 0. The number of fused-ring (bicyclic) bond motifs is 1. The third-order valence-electron chi connectivity index (χ3n) is 2.44. The van der Waals surface area contributed by atoms with Crippen molar-refractivity contribution in [1.82, 2.24) is 9.97 Å². The van der Waals surface area contributed by atoms with Crippen molar-refractivity contribution in [3.63, 3.8) is 0 Å². The highest BCUT2D eigenvalue weighted by molar-refractivity contribution is 5.74. The number of nitrogens with zero attached hydrogens (tertiary/aromatic N) is 1. The molecule has 0 spiro atoms. The normalized spacial score (nSPS) is 12.9.